The molecule has 6 heteroatoms. The van der Waals surface area contributed by atoms with Gasteiger partial charge in [-0.15, -0.1) is 13.2 Å². The third-order valence-electron chi connectivity index (χ3n) is 1.29. The van der Waals surface area contributed by atoms with Gasteiger partial charge in [-0.05, 0) is 12.1 Å². The van der Waals surface area contributed by atoms with Crippen LogP contribution in [0.5, 0.6) is 11.5 Å². The van der Waals surface area contributed by atoms with Crippen LogP contribution in [-0.2, 0) is 0 Å². The van der Waals surface area contributed by atoms with E-state index >= 15 is 0 Å². The van der Waals surface area contributed by atoms with Crippen molar-refractivity contribution in [2.45, 2.75) is 6.36 Å². The van der Waals surface area contributed by atoms with Gasteiger partial charge in [0.15, 0.2) is 11.5 Å². The first-order valence-electron chi connectivity index (χ1n) is 3.41. The van der Waals surface area contributed by atoms with Crippen LogP contribution in [-0.4, -0.2) is 71.7 Å². The molecule has 0 atom stereocenters. The molecule has 1 radical (unpaired) electrons. The van der Waals surface area contributed by atoms with Crippen LogP contribution in [0.15, 0.2) is 24.3 Å². The van der Waals surface area contributed by atoms with Gasteiger partial charge in [-0.1, -0.05) is 12.1 Å². The minimum Gasteiger partial charge on any atom is -0.493 e. The molecule has 0 saturated carbocycles. The van der Waals surface area contributed by atoms with Crippen LogP contribution in [0.1, 0.15) is 0 Å². The Morgan fingerprint density at radius 3 is 2.00 bits per heavy atom. The van der Waals surface area contributed by atoms with Gasteiger partial charge in [0.05, 0.1) is 7.11 Å². The Morgan fingerprint density at radius 2 is 1.57 bits per heavy atom. The fourth-order valence-electron chi connectivity index (χ4n) is 0.828. The Morgan fingerprint density at radius 1 is 1.07 bits per heavy atom. The number of para-hydroxylation sites is 2. The molecule has 0 saturated heterocycles. The molecule has 0 heterocycles. The topological polar surface area (TPSA) is 18.5 Å². The van der Waals surface area contributed by atoms with E-state index in [-0.39, 0.29) is 69.7 Å². The fourth-order valence-corrected chi connectivity index (χ4v) is 0.828. The van der Waals surface area contributed by atoms with Crippen LogP contribution in [0.4, 0.5) is 13.2 Å². The summed E-state index contributed by atoms with van der Waals surface area (Å²) in [7, 11) is 1.28. The van der Waals surface area contributed by atoms with Crippen molar-refractivity contribution in [2.24, 2.45) is 0 Å². The molecule has 14 heavy (non-hydrogen) atoms. The number of benzene rings is 1. The molecule has 1 aromatic carbocycles. The summed E-state index contributed by atoms with van der Waals surface area (Å²) in [6, 6.07) is 5.57. The molecular formula is C8H7F3O2Rb. The van der Waals surface area contributed by atoms with E-state index in [9.17, 15) is 13.2 Å². The molecule has 0 spiro atoms. The van der Waals surface area contributed by atoms with E-state index in [2.05, 4.69) is 9.47 Å². The average molecular weight is 278 g/mol. The number of hydrogen-bond acceptors (Lipinski definition) is 2. The fraction of sp³-hybridized carbons (Fsp3) is 0.250. The van der Waals surface area contributed by atoms with E-state index in [0.29, 0.717) is 0 Å². The Hall–Kier alpha value is 0.415. The monoisotopic (exact) mass is 277 g/mol. The van der Waals surface area contributed by atoms with Gasteiger partial charge in [0.1, 0.15) is 0 Å². The first-order valence-corrected chi connectivity index (χ1v) is 3.41. The average Bonchev–Trinajstić information content (AvgIpc) is 2.02. The number of hydrogen-bond donors (Lipinski definition) is 0. The van der Waals surface area contributed by atoms with E-state index in [4.69, 9.17) is 0 Å². The van der Waals surface area contributed by atoms with Crippen LogP contribution in [0.2, 0.25) is 0 Å². The van der Waals surface area contributed by atoms with Crippen LogP contribution in [0, 0.1) is 0 Å². The Bertz CT molecular complexity index is 288. The van der Waals surface area contributed by atoms with Gasteiger partial charge in [0.2, 0.25) is 0 Å². The molecule has 0 N–H and O–H groups in total. The van der Waals surface area contributed by atoms with Crippen LogP contribution in [0.3, 0.4) is 0 Å². The van der Waals surface area contributed by atoms with E-state index in [1.807, 2.05) is 0 Å². The SMILES string of the molecule is COc1ccccc1OC(F)(F)F.[Rb]. The summed E-state index contributed by atoms with van der Waals surface area (Å²) >= 11 is 0. The second-order valence-corrected chi connectivity index (χ2v) is 2.20. The first kappa shape index (κ1) is 14.4. The van der Waals surface area contributed by atoms with Crippen molar-refractivity contribution >= 4 is 58.2 Å². The third kappa shape index (κ3) is 4.77. The van der Waals surface area contributed by atoms with E-state index in [1.165, 1.54) is 25.3 Å². The van der Waals surface area contributed by atoms with Gasteiger partial charge in [0, 0.05) is 58.2 Å². The maximum Gasteiger partial charge on any atom is 0.573 e. The van der Waals surface area contributed by atoms with Crippen molar-refractivity contribution in [3.8, 4) is 11.5 Å². The smallest absolute Gasteiger partial charge is 0.493 e. The molecule has 0 aliphatic heterocycles. The molecule has 0 amide bonds. The van der Waals surface area contributed by atoms with Crippen molar-refractivity contribution in [3.05, 3.63) is 24.3 Å². The number of alkyl halides is 3. The summed E-state index contributed by atoms with van der Waals surface area (Å²) in [5, 5.41) is 0. The van der Waals surface area contributed by atoms with Gasteiger partial charge in [-0.3, -0.25) is 0 Å². The van der Waals surface area contributed by atoms with E-state index < -0.39 is 6.36 Å². The number of halogens is 3. The van der Waals surface area contributed by atoms with Crippen molar-refractivity contribution in [2.75, 3.05) is 7.11 Å². The van der Waals surface area contributed by atoms with E-state index in [1.54, 1.807) is 6.07 Å². The van der Waals surface area contributed by atoms with Crippen molar-refractivity contribution in [3.63, 3.8) is 0 Å². The third-order valence-corrected chi connectivity index (χ3v) is 1.29. The maximum absolute atomic E-state index is 11.8. The predicted octanol–water partition coefficient (Wildman–Crippen LogP) is 2.21. The number of rotatable bonds is 2. The molecule has 1 rings (SSSR count). The van der Waals surface area contributed by atoms with Crippen molar-refractivity contribution < 1.29 is 22.6 Å². The number of methoxy groups -OCH3 is 1. The Labute approximate surface area is 128 Å². The van der Waals surface area contributed by atoms with E-state index in [0.717, 1.165) is 0 Å². The molecule has 0 aliphatic rings. The van der Waals surface area contributed by atoms with Gasteiger partial charge in [-0.25, -0.2) is 0 Å². The van der Waals surface area contributed by atoms with Crippen LogP contribution in [0.25, 0.3) is 0 Å². The summed E-state index contributed by atoms with van der Waals surface area (Å²) in [5.41, 5.74) is 0. The molecule has 73 valence electrons. The normalized spacial score (nSPS) is 10.3. The molecule has 0 unspecified atom stereocenters. The summed E-state index contributed by atoms with van der Waals surface area (Å²) in [6.45, 7) is 0. The molecule has 1 aromatic rings. The van der Waals surface area contributed by atoms with Gasteiger partial charge in [0.25, 0.3) is 0 Å². The first-order chi connectivity index (χ1) is 6.03. The van der Waals surface area contributed by atoms with Gasteiger partial charge < -0.3 is 9.47 Å². The Balaban J connectivity index is 0.00000169. The molecule has 0 bridgehead atoms. The van der Waals surface area contributed by atoms with Crippen molar-refractivity contribution in [1.29, 1.82) is 0 Å². The molecule has 2 nitrogen and oxygen atoms in total. The van der Waals surface area contributed by atoms with Crippen LogP contribution >= 0.6 is 0 Å². The standard InChI is InChI=1S/C8H7F3O2.Rb/c1-12-6-4-2-3-5-7(6)13-8(9,10)11;/h2-5H,1H3;. The zero-order chi connectivity index (χ0) is 9.90. The maximum atomic E-state index is 11.8. The summed E-state index contributed by atoms with van der Waals surface area (Å²) < 4.78 is 43.7. The second kappa shape index (κ2) is 6.10. The number of ether oxygens (including phenoxy) is 2. The zero-order valence-electron chi connectivity index (χ0n) is 7.76. The predicted molar refractivity (Wildman–Crippen MR) is 45.4 cm³/mol. The summed E-state index contributed by atoms with van der Waals surface area (Å²) in [6.07, 6.45) is -4.69. The minimum absolute atomic E-state index is 0. The molecule has 0 aromatic heterocycles. The Kier molecular flexibility index (Phi) is 6.28. The summed E-state index contributed by atoms with van der Waals surface area (Å²) in [4.78, 5) is 0. The molecule has 0 aliphatic carbocycles. The van der Waals surface area contributed by atoms with Gasteiger partial charge >= 0.3 is 6.36 Å². The van der Waals surface area contributed by atoms with Gasteiger partial charge in [-0.2, -0.15) is 0 Å². The molecule has 0 fully saturated rings. The van der Waals surface area contributed by atoms with Crippen molar-refractivity contribution in [1.82, 2.24) is 0 Å². The van der Waals surface area contributed by atoms with Crippen LogP contribution < -0.4 is 9.47 Å². The largest absolute Gasteiger partial charge is 0.573 e. The minimum atomic E-state index is -4.69. The second-order valence-electron chi connectivity index (χ2n) is 2.20. The summed E-state index contributed by atoms with van der Waals surface area (Å²) in [5.74, 6) is -0.280. The zero-order valence-corrected chi connectivity index (χ0v) is 12.7. The molecular weight excluding hydrogens is 271 g/mol. The quantitative estimate of drug-likeness (QED) is 0.825.